The van der Waals surface area contributed by atoms with Crippen molar-refractivity contribution in [3.05, 3.63) is 34.6 Å². The molecule has 1 heterocycles. The molecule has 0 aromatic heterocycles. The zero-order valence-corrected chi connectivity index (χ0v) is 13.1. The molecule has 1 saturated heterocycles. The molecule has 2 rings (SSSR count). The smallest absolute Gasteiger partial charge is 0.312 e. The molecule has 6 heteroatoms. The van der Waals surface area contributed by atoms with E-state index >= 15 is 0 Å². The first-order valence-electron chi connectivity index (χ1n) is 6.85. The molecule has 21 heavy (non-hydrogen) atoms. The Hall–Kier alpha value is -1.17. The van der Waals surface area contributed by atoms with Crippen molar-refractivity contribution in [2.75, 3.05) is 0 Å². The van der Waals surface area contributed by atoms with E-state index in [1.165, 1.54) is 12.1 Å². The minimum absolute atomic E-state index is 0.277. The number of rotatable bonds is 2. The highest BCUT2D eigenvalue weighted by molar-refractivity contribution is 6.30. The summed E-state index contributed by atoms with van der Waals surface area (Å²) in [6.45, 7) is 5.36. The second kappa shape index (κ2) is 5.91. The Morgan fingerprint density at radius 2 is 2.10 bits per heavy atom. The number of carbonyl (C=O) groups is 1. The second-order valence-electron chi connectivity index (χ2n) is 6.39. The number of esters is 1. The number of ether oxygens (including phenoxy) is 1. The zero-order chi connectivity index (χ0) is 15.8. The van der Waals surface area contributed by atoms with Crippen LogP contribution in [0.4, 0.5) is 4.39 Å². The lowest BCUT2D eigenvalue weighted by Crippen LogP contribution is -2.34. The van der Waals surface area contributed by atoms with Gasteiger partial charge in [-0.15, -0.1) is 0 Å². The third-order valence-corrected chi connectivity index (χ3v) is 3.60. The summed E-state index contributed by atoms with van der Waals surface area (Å²) in [5.41, 5.74) is 6.14. The van der Waals surface area contributed by atoms with Crippen LogP contribution in [-0.2, 0) is 9.53 Å². The van der Waals surface area contributed by atoms with Gasteiger partial charge in [-0.2, -0.15) is 0 Å². The van der Waals surface area contributed by atoms with Crippen molar-refractivity contribution < 1.29 is 13.9 Å². The lowest BCUT2D eigenvalue weighted by atomic mass is 9.97. The molecular formula is C15H20ClFN2O2. The molecule has 3 atom stereocenters. The normalized spacial score (nSPS) is 25.9. The van der Waals surface area contributed by atoms with E-state index in [1.807, 2.05) is 0 Å². The number of nitrogens with two attached hydrogens (primary N) is 1. The van der Waals surface area contributed by atoms with E-state index in [4.69, 9.17) is 22.1 Å². The molecule has 1 aromatic rings. The highest BCUT2D eigenvalue weighted by Crippen LogP contribution is 2.29. The molecule has 1 aliphatic rings. The van der Waals surface area contributed by atoms with Gasteiger partial charge in [-0.3, -0.25) is 10.1 Å². The fourth-order valence-corrected chi connectivity index (χ4v) is 2.49. The van der Waals surface area contributed by atoms with E-state index in [0.29, 0.717) is 17.0 Å². The summed E-state index contributed by atoms with van der Waals surface area (Å²) in [6.07, 6.45) is -0.000527. The van der Waals surface area contributed by atoms with Crippen molar-refractivity contribution in [2.45, 2.75) is 45.5 Å². The van der Waals surface area contributed by atoms with E-state index in [1.54, 1.807) is 26.8 Å². The predicted molar refractivity (Wildman–Crippen MR) is 79.2 cm³/mol. The summed E-state index contributed by atoms with van der Waals surface area (Å²) >= 11 is 5.86. The van der Waals surface area contributed by atoms with Crippen molar-refractivity contribution in [3.63, 3.8) is 0 Å². The molecule has 3 N–H and O–H groups in total. The number of carbonyl (C=O) groups excluding carboxylic acids is 1. The van der Waals surface area contributed by atoms with E-state index in [2.05, 4.69) is 5.32 Å². The topological polar surface area (TPSA) is 64.3 Å². The lowest BCUT2D eigenvalue weighted by Gasteiger charge is -2.21. The Kier molecular flexibility index (Phi) is 4.56. The second-order valence-corrected chi connectivity index (χ2v) is 6.83. The van der Waals surface area contributed by atoms with Gasteiger partial charge in [0.05, 0.1) is 11.5 Å². The monoisotopic (exact) mass is 314 g/mol. The predicted octanol–water partition coefficient (Wildman–Crippen LogP) is 2.76. The first kappa shape index (κ1) is 16.2. The Morgan fingerprint density at radius 1 is 1.43 bits per heavy atom. The summed E-state index contributed by atoms with van der Waals surface area (Å²) < 4.78 is 18.8. The van der Waals surface area contributed by atoms with E-state index in [9.17, 15) is 9.18 Å². The maximum absolute atomic E-state index is 13.4. The molecule has 3 unspecified atom stereocenters. The summed E-state index contributed by atoms with van der Waals surface area (Å²) in [5.74, 6) is -0.716. The molecule has 0 aliphatic carbocycles. The Balaban J connectivity index is 2.09. The van der Waals surface area contributed by atoms with Crippen LogP contribution in [0.15, 0.2) is 18.2 Å². The van der Waals surface area contributed by atoms with E-state index in [-0.39, 0.29) is 18.1 Å². The van der Waals surface area contributed by atoms with E-state index in [0.717, 1.165) is 0 Å². The van der Waals surface area contributed by atoms with E-state index < -0.39 is 17.5 Å². The first-order valence-corrected chi connectivity index (χ1v) is 7.23. The van der Waals surface area contributed by atoms with Gasteiger partial charge in [0, 0.05) is 17.5 Å². The van der Waals surface area contributed by atoms with Crippen molar-refractivity contribution in [3.8, 4) is 0 Å². The Morgan fingerprint density at radius 3 is 2.67 bits per heavy atom. The molecular weight excluding hydrogens is 295 g/mol. The van der Waals surface area contributed by atoms with Crippen LogP contribution in [0.1, 0.15) is 38.8 Å². The maximum atomic E-state index is 13.4. The summed E-state index contributed by atoms with van der Waals surface area (Å²) in [6, 6.07) is 3.72. The van der Waals surface area contributed by atoms with Gasteiger partial charge in [0.25, 0.3) is 0 Å². The molecule has 1 fully saturated rings. The van der Waals surface area contributed by atoms with Crippen LogP contribution >= 0.6 is 11.6 Å². The lowest BCUT2D eigenvalue weighted by molar-refractivity contribution is -0.159. The zero-order valence-electron chi connectivity index (χ0n) is 12.3. The molecule has 1 aromatic carbocycles. The number of halogens is 2. The number of hydrogen-bond acceptors (Lipinski definition) is 4. The minimum Gasteiger partial charge on any atom is -0.446 e. The average Bonchev–Trinajstić information content (AvgIpc) is 2.67. The quantitative estimate of drug-likeness (QED) is 0.824. The molecule has 116 valence electrons. The fraction of sp³-hybridized carbons (Fsp3) is 0.533. The third-order valence-electron chi connectivity index (χ3n) is 3.39. The van der Waals surface area contributed by atoms with Crippen LogP contribution in [0.2, 0.25) is 5.02 Å². The molecule has 1 aliphatic heterocycles. The molecule has 0 bridgehead atoms. The van der Waals surface area contributed by atoms with Gasteiger partial charge in [-0.05, 0) is 44.5 Å². The van der Waals surface area contributed by atoms with Gasteiger partial charge in [0.2, 0.25) is 0 Å². The highest BCUT2D eigenvalue weighted by Gasteiger charge is 2.36. The number of hydrogen-bond donors (Lipinski definition) is 2. The molecule has 0 spiro atoms. The van der Waals surface area contributed by atoms with Crippen LogP contribution in [0.5, 0.6) is 0 Å². The van der Waals surface area contributed by atoms with Gasteiger partial charge in [-0.1, -0.05) is 11.6 Å². The standard InChI is InChI=1S/C15H20ClFN2O2/c1-15(2,3)14(20)21-12-7-11(18)13(19-12)8-4-9(16)6-10(17)5-8/h4-6,11-13,19H,7,18H2,1-3H3. The van der Waals surface area contributed by atoms with Crippen LogP contribution in [-0.4, -0.2) is 18.2 Å². The number of benzene rings is 1. The van der Waals surface area contributed by atoms with Gasteiger partial charge < -0.3 is 10.5 Å². The SMILES string of the molecule is CC(C)(C)C(=O)OC1CC(N)C(c2cc(F)cc(Cl)c2)N1. The molecule has 0 radical (unpaired) electrons. The summed E-state index contributed by atoms with van der Waals surface area (Å²) in [5, 5.41) is 3.44. The van der Waals surface area contributed by atoms with Crippen LogP contribution in [0, 0.1) is 11.2 Å². The van der Waals surface area contributed by atoms with Crippen molar-refractivity contribution in [2.24, 2.45) is 11.1 Å². The van der Waals surface area contributed by atoms with Crippen LogP contribution in [0.25, 0.3) is 0 Å². The molecule has 0 amide bonds. The van der Waals surface area contributed by atoms with Crippen molar-refractivity contribution in [1.29, 1.82) is 0 Å². The van der Waals surface area contributed by atoms with Gasteiger partial charge in [0.15, 0.2) is 6.23 Å². The average molecular weight is 315 g/mol. The van der Waals surface area contributed by atoms with Gasteiger partial charge in [0.1, 0.15) is 5.82 Å². The van der Waals surface area contributed by atoms with Crippen LogP contribution < -0.4 is 11.1 Å². The third kappa shape index (κ3) is 3.93. The number of nitrogens with one attached hydrogen (secondary N) is 1. The van der Waals surface area contributed by atoms with Crippen molar-refractivity contribution in [1.82, 2.24) is 5.32 Å². The summed E-state index contributed by atoms with van der Waals surface area (Å²) in [4.78, 5) is 11.9. The molecule has 4 nitrogen and oxygen atoms in total. The van der Waals surface area contributed by atoms with Crippen LogP contribution in [0.3, 0.4) is 0 Å². The first-order chi connectivity index (χ1) is 9.66. The molecule has 0 saturated carbocycles. The Labute approximate surface area is 128 Å². The Bertz CT molecular complexity index is 525. The fourth-order valence-electron chi connectivity index (χ4n) is 2.26. The largest absolute Gasteiger partial charge is 0.446 e. The highest BCUT2D eigenvalue weighted by atomic mass is 35.5. The van der Waals surface area contributed by atoms with Gasteiger partial charge in [-0.25, -0.2) is 4.39 Å². The van der Waals surface area contributed by atoms with Crippen molar-refractivity contribution >= 4 is 17.6 Å². The summed E-state index contributed by atoms with van der Waals surface area (Å²) in [7, 11) is 0. The van der Waals surface area contributed by atoms with Gasteiger partial charge >= 0.3 is 5.97 Å². The maximum Gasteiger partial charge on any atom is 0.312 e. The minimum atomic E-state index is -0.577.